The van der Waals surface area contributed by atoms with Crippen molar-refractivity contribution < 1.29 is 9.59 Å². The monoisotopic (exact) mass is 269 g/mol. The number of aliphatic imine (C=N–C) groups is 1. The van der Waals surface area contributed by atoms with Crippen LogP contribution in [-0.2, 0) is 9.59 Å². The summed E-state index contributed by atoms with van der Waals surface area (Å²) < 4.78 is 0. The van der Waals surface area contributed by atoms with E-state index in [4.69, 9.17) is 5.73 Å². The van der Waals surface area contributed by atoms with Gasteiger partial charge in [0.15, 0.2) is 5.17 Å². The Morgan fingerprint density at radius 2 is 2.33 bits per heavy atom. The van der Waals surface area contributed by atoms with Crippen molar-refractivity contribution in [1.82, 2.24) is 5.32 Å². The third kappa shape index (κ3) is 3.48. The summed E-state index contributed by atoms with van der Waals surface area (Å²) in [7, 11) is 0. The molecule has 1 fully saturated rings. The lowest BCUT2D eigenvalue weighted by Gasteiger charge is -2.27. The second kappa shape index (κ2) is 5.73. The molecule has 100 valence electrons. The number of nitrogens with one attached hydrogen (secondary N) is 1. The molecule has 1 saturated carbocycles. The molecule has 18 heavy (non-hydrogen) atoms. The van der Waals surface area contributed by atoms with E-state index >= 15 is 0 Å². The van der Waals surface area contributed by atoms with Crippen molar-refractivity contribution in [3.63, 3.8) is 0 Å². The quantitative estimate of drug-likeness (QED) is 0.801. The zero-order valence-corrected chi connectivity index (χ0v) is 11.3. The molecule has 2 unspecified atom stereocenters. The summed E-state index contributed by atoms with van der Waals surface area (Å²) in [5.74, 6) is 0.319. The van der Waals surface area contributed by atoms with Crippen LogP contribution in [0.3, 0.4) is 0 Å². The van der Waals surface area contributed by atoms with Crippen LogP contribution in [0.1, 0.15) is 39.0 Å². The summed E-state index contributed by atoms with van der Waals surface area (Å²) in [5, 5.41) is 2.86. The largest absolute Gasteiger partial charge is 0.378 e. The maximum atomic E-state index is 11.9. The molecule has 2 rings (SSSR count). The van der Waals surface area contributed by atoms with Gasteiger partial charge in [0.25, 0.3) is 5.91 Å². The fraction of sp³-hybridized carbons (Fsp3) is 0.750. The van der Waals surface area contributed by atoms with E-state index < -0.39 is 5.25 Å². The van der Waals surface area contributed by atoms with Gasteiger partial charge in [0, 0.05) is 12.5 Å². The van der Waals surface area contributed by atoms with Crippen LogP contribution < -0.4 is 11.1 Å². The van der Waals surface area contributed by atoms with Crippen molar-refractivity contribution in [3.8, 4) is 0 Å². The van der Waals surface area contributed by atoms with Gasteiger partial charge in [0.05, 0.1) is 0 Å². The van der Waals surface area contributed by atoms with Crippen LogP contribution in [-0.4, -0.2) is 28.3 Å². The van der Waals surface area contributed by atoms with E-state index in [0.29, 0.717) is 5.92 Å². The molecule has 0 aromatic carbocycles. The SMILES string of the molecule is CC1CCCC(NC(=O)C[C@@H]2SC(N)=NC2=O)C1. The number of amidine groups is 1. The topological polar surface area (TPSA) is 84.6 Å². The van der Waals surface area contributed by atoms with Gasteiger partial charge in [-0.1, -0.05) is 31.5 Å². The number of nitrogens with two attached hydrogens (primary N) is 1. The van der Waals surface area contributed by atoms with Crippen molar-refractivity contribution in [2.24, 2.45) is 16.6 Å². The first-order valence-corrected chi connectivity index (χ1v) is 7.26. The Kier molecular flexibility index (Phi) is 4.27. The van der Waals surface area contributed by atoms with Crippen LogP contribution in [0.25, 0.3) is 0 Å². The first-order chi connectivity index (χ1) is 8.54. The van der Waals surface area contributed by atoms with Crippen LogP contribution in [0.15, 0.2) is 4.99 Å². The van der Waals surface area contributed by atoms with E-state index in [9.17, 15) is 9.59 Å². The number of rotatable bonds is 3. The predicted octanol–water partition coefficient (Wildman–Crippen LogP) is 1.03. The highest BCUT2D eigenvalue weighted by Gasteiger charge is 2.30. The molecule has 2 amide bonds. The summed E-state index contributed by atoms with van der Waals surface area (Å²) in [5.41, 5.74) is 5.45. The Hall–Kier alpha value is -1.04. The van der Waals surface area contributed by atoms with E-state index in [1.54, 1.807) is 0 Å². The molecule has 2 aliphatic rings. The molecule has 6 heteroatoms. The number of hydrogen-bond donors (Lipinski definition) is 2. The van der Waals surface area contributed by atoms with Crippen molar-refractivity contribution in [1.29, 1.82) is 0 Å². The van der Waals surface area contributed by atoms with Gasteiger partial charge in [0.2, 0.25) is 5.91 Å². The number of hydrogen-bond acceptors (Lipinski definition) is 4. The number of nitrogens with zero attached hydrogens (tertiary/aromatic N) is 1. The van der Waals surface area contributed by atoms with Gasteiger partial charge in [-0.15, -0.1) is 0 Å². The van der Waals surface area contributed by atoms with Gasteiger partial charge < -0.3 is 11.1 Å². The van der Waals surface area contributed by atoms with E-state index in [0.717, 1.165) is 12.8 Å². The molecule has 0 saturated heterocycles. The first-order valence-electron chi connectivity index (χ1n) is 6.38. The van der Waals surface area contributed by atoms with Crippen molar-refractivity contribution in [2.45, 2.75) is 50.3 Å². The zero-order valence-electron chi connectivity index (χ0n) is 10.5. The number of thioether (sulfide) groups is 1. The highest BCUT2D eigenvalue weighted by molar-refractivity contribution is 8.15. The first kappa shape index (κ1) is 13.4. The molecule has 0 bridgehead atoms. The second-order valence-electron chi connectivity index (χ2n) is 5.14. The average Bonchev–Trinajstić information content (AvgIpc) is 2.57. The van der Waals surface area contributed by atoms with Gasteiger partial charge >= 0.3 is 0 Å². The van der Waals surface area contributed by atoms with Crippen LogP contribution in [0.2, 0.25) is 0 Å². The minimum Gasteiger partial charge on any atom is -0.378 e. The molecular weight excluding hydrogens is 250 g/mol. The predicted molar refractivity (Wildman–Crippen MR) is 72.2 cm³/mol. The van der Waals surface area contributed by atoms with Crippen molar-refractivity contribution >= 4 is 28.7 Å². The van der Waals surface area contributed by atoms with Crippen LogP contribution >= 0.6 is 11.8 Å². The Morgan fingerprint density at radius 3 is 2.94 bits per heavy atom. The Morgan fingerprint density at radius 1 is 1.56 bits per heavy atom. The number of carbonyl (C=O) groups is 2. The lowest BCUT2D eigenvalue weighted by molar-refractivity contribution is -0.125. The van der Waals surface area contributed by atoms with Gasteiger partial charge in [-0.25, -0.2) is 0 Å². The van der Waals surface area contributed by atoms with Crippen LogP contribution in [0, 0.1) is 5.92 Å². The van der Waals surface area contributed by atoms with Gasteiger partial charge in [0.1, 0.15) is 5.25 Å². The summed E-state index contributed by atoms with van der Waals surface area (Å²) in [6, 6.07) is 0.265. The fourth-order valence-corrected chi connectivity index (χ4v) is 3.37. The molecule has 1 heterocycles. The fourth-order valence-electron chi connectivity index (χ4n) is 2.55. The third-order valence-electron chi connectivity index (χ3n) is 3.43. The van der Waals surface area contributed by atoms with E-state index in [1.807, 2.05) is 0 Å². The molecule has 3 N–H and O–H groups in total. The standard InChI is InChI=1S/C12H19N3O2S/c1-7-3-2-4-8(5-7)14-10(16)6-9-11(17)15-12(13)18-9/h7-9H,2-6H2,1H3,(H,14,16)(H2,13,15,17)/t7?,8?,9-/m0/s1. The molecule has 3 atom stereocenters. The lowest BCUT2D eigenvalue weighted by Crippen LogP contribution is -2.39. The normalized spacial score (nSPS) is 32.2. The van der Waals surface area contributed by atoms with Gasteiger partial charge in [-0.3, -0.25) is 9.59 Å². The zero-order chi connectivity index (χ0) is 13.1. The number of amides is 2. The molecule has 0 aromatic heterocycles. The average molecular weight is 269 g/mol. The minimum absolute atomic E-state index is 0.0650. The summed E-state index contributed by atoms with van der Waals surface area (Å²) in [6.07, 6.45) is 4.67. The third-order valence-corrected chi connectivity index (χ3v) is 4.42. The van der Waals surface area contributed by atoms with E-state index in [1.165, 1.54) is 24.6 Å². The van der Waals surface area contributed by atoms with E-state index in [2.05, 4.69) is 17.2 Å². The maximum Gasteiger partial charge on any atom is 0.262 e. The highest BCUT2D eigenvalue weighted by Crippen LogP contribution is 2.25. The highest BCUT2D eigenvalue weighted by atomic mass is 32.2. The molecule has 0 spiro atoms. The smallest absolute Gasteiger partial charge is 0.262 e. The van der Waals surface area contributed by atoms with E-state index in [-0.39, 0.29) is 29.4 Å². The summed E-state index contributed by atoms with van der Waals surface area (Å²) in [6.45, 7) is 2.21. The van der Waals surface area contributed by atoms with Crippen LogP contribution in [0.4, 0.5) is 0 Å². The molecular formula is C12H19N3O2S. The molecule has 1 aliphatic heterocycles. The Labute approximate surface area is 111 Å². The van der Waals surface area contributed by atoms with Gasteiger partial charge in [-0.05, 0) is 18.8 Å². The minimum atomic E-state index is -0.425. The van der Waals surface area contributed by atoms with Crippen LogP contribution in [0.5, 0.6) is 0 Å². The van der Waals surface area contributed by atoms with Crippen molar-refractivity contribution in [2.75, 3.05) is 0 Å². The summed E-state index contributed by atoms with van der Waals surface area (Å²) in [4.78, 5) is 26.9. The Balaban J connectivity index is 1.77. The molecule has 5 nitrogen and oxygen atoms in total. The lowest BCUT2D eigenvalue weighted by atomic mass is 9.87. The summed E-state index contributed by atoms with van der Waals surface area (Å²) >= 11 is 1.18. The molecule has 1 aliphatic carbocycles. The Bertz CT molecular complexity index is 384. The van der Waals surface area contributed by atoms with Crippen molar-refractivity contribution in [3.05, 3.63) is 0 Å². The molecule has 0 aromatic rings. The van der Waals surface area contributed by atoms with Gasteiger partial charge in [-0.2, -0.15) is 4.99 Å². The number of carbonyl (C=O) groups excluding carboxylic acids is 2. The molecule has 0 radical (unpaired) electrons. The maximum absolute atomic E-state index is 11.9. The second-order valence-corrected chi connectivity index (χ2v) is 6.36.